The van der Waals surface area contributed by atoms with E-state index in [9.17, 15) is 0 Å². The minimum Gasteiger partial charge on any atom is -0.325 e. The highest BCUT2D eigenvalue weighted by atomic mass is 15.0. The highest BCUT2D eigenvalue weighted by Crippen LogP contribution is 2.18. The summed E-state index contributed by atoms with van der Waals surface area (Å²) in [6.07, 6.45) is 3.85. The zero-order valence-corrected chi connectivity index (χ0v) is 8.57. The summed E-state index contributed by atoms with van der Waals surface area (Å²) in [5, 5.41) is 0. The molecule has 0 aliphatic carbocycles. The Bertz CT molecular complexity index is 443. The molecular formula is C11H15N3. The molecule has 2 aromatic heterocycles. The van der Waals surface area contributed by atoms with Gasteiger partial charge in [-0.15, -0.1) is 0 Å². The van der Waals surface area contributed by atoms with Crippen molar-refractivity contribution < 1.29 is 0 Å². The predicted octanol–water partition coefficient (Wildman–Crippen LogP) is 1.92. The average molecular weight is 189 g/mol. The van der Waals surface area contributed by atoms with E-state index in [2.05, 4.69) is 31.0 Å². The Hall–Kier alpha value is -1.35. The van der Waals surface area contributed by atoms with Crippen molar-refractivity contribution in [2.24, 2.45) is 5.73 Å². The van der Waals surface area contributed by atoms with E-state index in [-0.39, 0.29) is 0 Å². The molecule has 2 N–H and O–H groups in total. The van der Waals surface area contributed by atoms with Crippen molar-refractivity contribution in [1.82, 2.24) is 9.38 Å². The van der Waals surface area contributed by atoms with Gasteiger partial charge in [0.25, 0.3) is 0 Å². The second-order valence-electron chi connectivity index (χ2n) is 3.80. The summed E-state index contributed by atoms with van der Waals surface area (Å²) in [6, 6.07) is 4.29. The van der Waals surface area contributed by atoms with Crippen molar-refractivity contribution in [3.05, 3.63) is 35.9 Å². The first-order chi connectivity index (χ1) is 6.72. The van der Waals surface area contributed by atoms with Gasteiger partial charge in [-0.3, -0.25) is 0 Å². The van der Waals surface area contributed by atoms with E-state index in [0.717, 1.165) is 11.2 Å². The summed E-state index contributed by atoms with van der Waals surface area (Å²) in [5.74, 6) is 0.542. The molecule has 0 amide bonds. The van der Waals surface area contributed by atoms with Crippen molar-refractivity contribution in [2.45, 2.75) is 26.3 Å². The predicted molar refractivity (Wildman–Crippen MR) is 57.2 cm³/mol. The Morgan fingerprint density at radius 3 is 2.93 bits per heavy atom. The number of nitrogens with zero attached hydrogens (tertiary/aromatic N) is 2. The fourth-order valence-electron chi connectivity index (χ4n) is 1.57. The molecule has 0 radical (unpaired) electrons. The van der Waals surface area contributed by atoms with Crippen LogP contribution in [0.4, 0.5) is 0 Å². The monoisotopic (exact) mass is 189 g/mol. The summed E-state index contributed by atoms with van der Waals surface area (Å²) < 4.78 is 2.01. The van der Waals surface area contributed by atoms with Crippen LogP contribution in [-0.2, 0) is 6.54 Å². The molecule has 14 heavy (non-hydrogen) atoms. The largest absolute Gasteiger partial charge is 0.325 e. The van der Waals surface area contributed by atoms with Gasteiger partial charge in [-0.1, -0.05) is 13.8 Å². The topological polar surface area (TPSA) is 43.3 Å². The van der Waals surface area contributed by atoms with E-state index < -0.39 is 0 Å². The first kappa shape index (κ1) is 9.21. The molecule has 0 bridgehead atoms. The van der Waals surface area contributed by atoms with E-state index in [0.29, 0.717) is 12.5 Å². The molecule has 2 aromatic rings. The van der Waals surface area contributed by atoms with E-state index in [1.54, 1.807) is 0 Å². The lowest BCUT2D eigenvalue weighted by Crippen LogP contribution is -1.98. The quantitative estimate of drug-likeness (QED) is 0.784. The molecule has 0 atom stereocenters. The Balaban J connectivity index is 2.61. The molecule has 0 aliphatic rings. The zero-order valence-electron chi connectivity index (χ0n) is 8.57. The van der Waals surface area contributed by atoms with Gasteiger partial charge in [0.15, 0.2) is 0 Å². The number of hydrogen-bond donors (Lipinski definition) is 1. The first-order valence-electron chi connectivity index (χ1n) is 4.88. The van der Waals surface area contributed by atoms with Gasteiger partial charge in [-0.2, -0.15) is 0 Å². The third-order valence-corrected chi connectivity index (χ3v) is 2.50. The number of pyridine rings is 1. The van der Waals surface area contributed by atoms with E-state index >= 15 is 0 Å². The standard InChI is InChI=1S/C11H15N3/c1-8(2)9-3-4-14-7-13-10(6-12)11(14)5-9/h3-5,7-8H,6,12H2,1-2H3. The van der Waals surface area contributed by atoms with Crippen LogP contribution in [0.25, 0.3) is 5.52 Å². The van der Waals surface area contributed by atoms with Gasteiger partial charge in [0.2, 0.25) is 0 Å². The number of nitrogens with two attached hydrogens (primary N) is 1. The van der Waals surface area contributed by atoms with Gasteiger partial charge in [-0.05, 0) is 23.6 Å². The van der Waals surface area contributed by atoms with Crippen LogP contribution in [0.15, 0.2) is 24.7 Å². The highest BCUT2D eigenvalue weighted by molar-refractivity contribution is 5.54. The van der Waals surface area contributed by atoms with Crippen LogP contribution >= 0.6 is 0 Å². The molecule has 3 nitrogen and oxygen atoms in total. The number of imidazole rings is 1. The van der Waals surface area contributed by atoms with Crippen LogP contribution in [0, 0.1) is 0 Å². The van der Waals surface area contributed by atoms with Crippen LogP contribution in [0.1, 0.15) is 31.0 Å². The summed E-state index contributed by atoms with van der Waals surface area (Å²) in [7, 11) is 0. The maximum absolute atomic E-state index is 5.61. The van der Waals surface area contributed by atoms with Gasteiger partial charge in [0.1, 0.15) is 0 Å². The van der Waals surface area contributed by atoms with Crippen LogP contribution in [0.3, 0.4) is 0 Å². The third-order valence-electron chi connectivity index (χ3n) is 2.50. The average Bonchev–Trinajstić information content (AvgIpc) is 2.59. The molecule has 3 heteroatoms. The minimum absolute atomic E-state index is 0.498. The second kappa shape index (κ2) is 3.42. The summed E-state index contributed by atoms with van der Waals surface area (Å²) in [6.45, 7) is 4.87. The van der Waals surface area contributed by atoms with Crippen LogP contribution in [-0.4, -0.2) is 9.38 Å². The summed E-state index contributed by atoms with van der Waals surface area (Å²) in [4.78, 5) is 4.25. The zero-order chi connectivity index (χ0) is 10.1. The molecule has 0 aromatic carbocycles. The van der Waals surface area contributed by atoms with Gasteiger partial charge in [-0.25, -0.2) is 4.98 Å². The van der Waals surface area contributed by atoms with E-state index in [1.807, 2.05) is 16.9 Å². The van der Waals surface area contributed by atoms with Gasteiger partial charge >= 0.3 is 0 Å². The van der Waals surface area contributed by atoms with Crippen molar-refractivity contribution in [3.8, 4) is 0 Å². The Morgan fingerprint density at radius 2 is 2.29 bits per heavy atom. The minimum atomic E-state index is 0.498. The fourth-order valence-corrected chi connectivity index (χ4v) is 1.57. The molecule has 74 valence electrons. The van der Waals surface area contributed by atoms with Crippen LogP contribution in [0.2, 0.25) is 0 Å². The smallest absolute Gasteiger partial charge is 0.0996 e. The number of hydrogen-bond acceptors (Lipinski definition) is 2. The molecule has 2 rings (SSSR count). The van der Waals surface area contributed by atoms with Gasteiger partial charge in [0, 0.05) is 12.7 Å². The lowest BCUT2D eigenvalue weighted by molar-refractivity contribution is 0.863. The molecular weight excluding hydrogens is 174 g/mol. The lowest BCUT2D eigenvalue weighted by atomic mass is 10.0. The maximum Gasteiger partial charge on any atom is 0.0996 e. The van der Waals surface area contributed by atoms with E-state index in [4.69, 9.17) is 5.73 Å². The lowest BCUT2D eigenvalue weighted by Gasteiger charge is -2.05. The maximum atomic E-state index is 5.61. The van der Waals surface area contributed by atoms with Gasteiger partial charge < -0.3 is 10.1 Å². The van der Waals surface area contributed by atoms with Crippen molar-refractivity contribution >= 4 is 5.52 Å². The van der Waals surface area contributed by atoms with Crippen LogP contribution in [0.5, 0.6) is 0 Å². The van der Waals surface area contributed by atoms with E-state index in [1.165, 1.54) is 5.56 Å². The number of aromatic nitrogens is 2. The molecule has 0 saturated heterocycles. The Kier molecular flexibility index (Phi) is 2.25. The van der Waals surface area contributed by atoms with Crippen molar-refractivity contribution in [2.75, 3.05) is 0 Å². The van der Waals surface area contributed by atoms with Crippen molar-refractivity contribution in [3.63, 3.8) is 0 Å². The molecule has 0 spiro atoms. The molecule has 0 saturated carbocycles. The SMILES string of the molecule is CC(C)c1ccn2cnc(CN)c2c1. The second-order valence-corrected chi connectivity index (χ2v) is 3.80. The molecule has 0 fully saturated rings. The number of fused-ring (bicyclic) bond motifs is 1. The summed E-state index contributed by atoms with van der Waals surface area (Å²) >= 11 is 0. The summed E-state index contributed by atoms with van der Waals surface area (Å²) in [5.41, 5.74) is 9.03. The normalized spacial score (nSPS) is 11.4. The van der Waals surface area contributed by atoms with Crippen LogP contribution < -0.4 is 5.73 Å². The third kappa shape index (κ3) is 1.40. The molecule has 2 heterocycles. The Labute approximate surface area is 83.6 Å². The Morgan fingerprint density at radius 1 is 1.50 bits per heavy atom. The molecule has 0 unspecified atom stereocenters. The first-order valence-corrected chi connectivity index (χ1v) is 4.88. The fraction of sp³-hybridized carbons (Fsp3) is 0.364. The number of rotatable bonds is 2. The molecule has 0 aliphatic heterocycles. The van der Waals surface area contributed by atoms with Gasteiger partial charge in [0.05, 0.1) is 17.5 Å². The highest BCUT2D eigenvalue weighted by Gasteiger charge is 2.05. The van der Waals surface area contributed by atoms with Crippen molar-refractivity contribution in [1.29, 1.82) is 0 Å².